The number of nitrogens with one attached hydrogen (secondary N) is 1. The third-order valence-electron chi connectivity index (χ3n) is 2.60. The van der Waals surface area contributed by atoms with Crippen molar-refractivity contribution < 1.29 is 13.2 Å². The molecule has 1 aromatic heterocycles. The van der Waals surface area contributed by atoms with Crippen LogP contribution in [0.25, 0.3) is 0 Å². The normalized spacial score (nSPS) is 12.2. The molecule has 0 spiro atoms. The zero-order chi connectivity index (χ0) is 14.0. The molecule has 0 atom stereocenters. The number of anilines is 1. The maximum absolute atomic E-state index is 11.7. The van der Waals surface area contributed by atoms with Crippen LogP contribution < -0.4 is 11.1 Å². The quantitative estimate of drug-likeness (QED) is 0.771. The Morgan fingerprint density at radius 1 is 1.39 bits per heavy atom. The Hall–Kier alpha value is -1.70. The number of hydrogen-bond donors (Lipinski definition) is 2. The van der Waals surface area contributed by atoms with Crippen LogP contribution in [0.5, 0.6) is 0 Å². The highest BCUT2D eigenvalue weighted by Gasteiger charge is 2.30. The molecule has 0 saturated carbocycles. The van der Waals surface area contributed by atoms with Gasteiger partial charge in [0.15, 0.2) is 15.5 Å². The minimum absolute atomic E-state index is 0.00325. The molecule has 8 heteroatoms. The first-order valence-corrected chi connectivity index (χ1v) is 7.09. The van der Waals surface area contributed by atoms with Crippen molar-refractivity contribution in [1.29, 1.82) is 0 Å². The fourth-order valence-corrected chi connectivity index (χ4v) is 1.31. The summed E-state index contributed by atoms with van der Waals surface area (Å²) in [6, 6.07) is 2.87. The van der Waals surface area contributed by atoms with Crippen LogP contribution in [0.15, 0.2) is 12.1 Å². The lowest BCUT2D eigenvalue weighted by Gasteiger charge is -2.22. The second-order valence-electron chi connectivity index (χ2n) is 4.56. The van der Waals surface area contributed by atoms with E-state index in [-0.39, 0.29) is 18.1 Å². The standard InChI is InChI=1S/C10H16N4O3S/c1-10(2,18(3,16)17)6-12-9(15)7-4-5-8(11)14-13-7/h4-5H,6H2,1-3H3,(H2,11,14)(H,12,15). The second-order valence-corrected chi connectivity index (χ2v) is 7.21. The van der Waals surface area contributed by atoms with Gasteiger partial charge in [-0.15, -0.1) is 10.2 Å². The maximum Gasteiger partial charge on any atom is 0.271 e. The van der Waals surface area contributed by atoms with Gasteiger partial charge in [-0.1, -0.05) is 0 Å². The summed E-state index contributed by atoms with van der Waals surface area (Å²) >= 11 is 0. The zero-order valence-corrected chi connectivity index (χ0v) is 11.3. The molecule has 7 nitrogen and oxygen atoms in total. The van der Waals surface area contributed by atoms with E-state index >= 15 is 0 Å². The molecule has 1 aromatic rings. The van der Waals surface area contributed by atoms with Gasteiger partial charge in [0.25, 0.3) is 5.91 Å². The van der Waals surface area contributed by atoms with Crippen LogP contribution >= 0.6 is 0 Å². The molecule has 0 saturated heterocycles. The van der Waals surface area contributed by atoms with E-state index in [2.05, 4.69) is 15.5 Å². The number of amides is 1. The molecule has 1 amide bonds. The van der Waals surface area contributed by atoms with Crippen molar-refractivity contribution >= 4 is 21.6 Å². The number of carbonyl (C=O) groups is 1. The van der Waals surface area contributed by atoms with Gasteiger partial charge in [-0.2, -0.15) is 0 Å². The average Bonchev–Trinajstić information content (AvgIpc) is 2.25. The molecule has 0 fully saturated rings. The molecule has 18 heavy (non-hydrogen) atoms. The van der Waals surface area contributed by atoms with Gasteiger partial charge in [-0.25, -0.2) is 8.42 Å². The van der Waals surface area contributed by atoms with Crippen molar-refractivity contribution in [2.24, 2.45) is 0 Å². The van der Waals surface area contributed by atoms with Gasteiger partial charge >= 0.3 is 0 Å². The minimum Gasteiger partial charge on any atom is -0.382 e. The van der Waals surface area contributed by atoms with Gasteiger partial charge in [0.05, 0.1) is 4.75 Å². The van der Waals surface area contributed by atoms with E-state index in [0.29, 0.717) is 0 Å². The molecule has 100 valence electrons. The smallest absolute Gasteiger partial charge is 0.271 e. The van der Waals surface area contributed by atoms with Crippen molar-refractivity contribution in [2.45, 2.75) is 18.6 Å². The van der Waals surface area contributed by atoms with E-state index in [0.717, 1.165) is 6.26 Å². The average molecular weight is 272 g/mol. The molecule has 0 aliphatic heterocycles. The Labute approximate surface area is 106 Å². The van der Waals surface area contributed by atoms with Crippen molar-refractivity contribution in [3.05, 3.63) is 17.8 Å². The first-order valence-electron chi connectivity index (χ1n) is 5.20. The van der Waals surface area contributed by atoms with Gasteiger partial charge < -0.3 is 11.1 Å². The minimum atomic E-state index is -3.26. The maximum atomic E-state index is 11.7. The highest BCUT2D eigenvalue weighted by atomic mass is 32.2. The Kier molecular flexibility index (Phi) is 3.90. The Morgan fingerprint density at radius 3 is 2.44 bits per heavy atom. The number of rotatable bonds is 4. The van der Waals surface area contributed by atoms with E-state index in [1.54, 1.807) is 0 Å². The second kappa shape index (κ2) is 4.89. The van der Waals surface area contributed by atoms with Crippen LogP contribution in [0.4, 0.5) is 5.82 Å². The van der Waals surface area contributed by atoms with Crippen LogP contribution in [0.2, 0.25) is 0 Å². The van der Waals surface area contributed by atoms with Crippen LogP contribution in [0, 0.1) is 0 Å². The first kappa shape index (κ1) is 14.4. The molecule has 3 N–H and O–H groups in total. The lowest BCUT2D eigenvalue weighted by molar-refractivity contribution is 0.0944. The number of nitrogens with zero attached hydrogens (tertiary/aromatic N) is 2. The zero-order valence-electron chi connectivity index (χ0n) is 10.5. The molecule has 0 unspecified atom stereocenters. The molecule has 0 radical (unpaired) electrons. The van der Waals surface area contributed by atoms with E-state index in [1.807, 2.05) is 0 Å². The number of carbonyl (C=O) groups excluding carboxylic acids is 1. The van der Waals surface area contributed by atoms with E-state index in [9.17, 15) is 13.2 Å². The molecule has 0 aromatic carbocycles. The summed E-state index contributed by atoms with van der Waals surface area (Å²) in [6.07, 6.45) is 1.13. The molecule has 0 aliphatic carbocycles. The molecule has 0 bridgehead atoms. The van der Waals surface area contributed by atoms with Crippen molar-refractivity contribution in [3.63, 3.8) is 0 Å². The van der Waals surface area contributed by atoms with Crippen LogP contribution in [0.1, 0.15) is 24.3 Å². The van der Waals surface area contributed by atoms with Gasteiger partial charge in [0.2, 0.25) is 0 Å². The molecular formula is C10H16N4O3S. The number of aromatic nitrogens is 2. The van der Waals surface area contributed by atoms with Gasteiger partial charge in [-0.05, 0) is 26.0 Å². The van der Waals surface area contributed by atoms with Crippen molar-refractivity contribution in [3.8, 4) is 0 Å². The fraction of sp³-hybridized carbons (Fsp3) is 0.500. The van der Waals surface area contributed by atoms with Crippen molar-refractivity contribution in [1.82, 2.24) is 15.5 Å². The summed E-state index contributed by atoms with van der Waals surface area (Å²) in [6.45, 7) is 3.07. The molecule has 0 aliphatic rings. The SMILES string of the molecule is CC(C)(CNC(=O)c1ccc(N)nn1)S(C)(=O)=O. The highest BCUT2D eigenvalue weighted by Crippen LogP contribution is 2.13. The van der Waals surface area contributed by atoms with E-state index in [4.69, 9.17) is 5.73 Å². The third kappa shape index (κ3) is 3.39. The summed E-state index contributed by atoms with van der Waals surface area (Å²) in [5.74, 6) is -0.276. The van der Waals surface area contributed by atoms with Gasteiger partial charge in [0.1, 0.15) is 5.82 Å². The Morgan fingerprint density at radius 2 is 2.00 bits per heavy atom. The molecule has 1 rings (SSSR count). The van der Waals surface area contributed by atoms with E-state index in [1.165, 1.54) is 26.0 Å². The van der Waals surface area contributed by atoms with Gasteiger partial charge in [-0.3, -0.25) is 4.79 Å². The Bertz CT molecular complexity index is 537. The van der Waals surface area contributed by atoms with Gasteiger partial charge in [0, 0.05) is 12.8 Å². The van der Waals surface area contributed by atoms with Crippen LogP contribution in [0.3, 0.4) is 0 Å². The summed E-state index contributed by atoms with van der Waals surface area (Å²) < 4.78 is 21.9. The molecular weight excluding hydrogens is 256 g/mol. The molecule has 1 heterocycles. The predicted molar refractivity (Wildman–Crippen MR) is 67.7 cm³/mol. The Balaban J connectivity index is 2.70. The highest BCUT2D eigenvalue weighted by molar-refractivity contribution is 7.92. The predicted octanol–water partition coefficient (Wildman–Crippen LogP) is -0.388. The summed E-state index contributed by atoms with van der Waals surface area (Å²) in [4.78, 5) is 11.7. The number of nitrogens with two attached hydrogens (primary N) is 1. The monoisotopic (exact) mass is 272 g/mol. The largest absolute Gasteiger partial charge is 0.382 e. The third-order valence-corrected chi connectivity index (χ3v) is 4.75. The summed E-state index contributed by atoms with van der Waals surface area (Å²) in [5, 5.41) is 9.65. The van der Waals surface area contributed by atoms with Crippen LogP contribution in [-0.4, -0.2) is 42.1 Å². The number of sulfone groups is 1. The number of hydrogen-bond acceptors (Lipinski definition) is 6. The lowest BCUT2D eigenvalue weighted by atomic mass is 10.2. The topological polar surface area (TPSA) is 115 Å². The van der Waals surface area contributed by atoms with E-state index < -0.39 is 20.5 Å². The summed E-state index contributed by atoms with van der Waals surface area (Å²) in [7, 11) is -3.26. The fourth-order valence-electron chi connectivity index (χ4n) is 0.978. The summed E-state index contributed by atoms with van der Waals surface area (Å²) in [5.41, 5.74) is 5.43. The lowest BCUT2D eigenvalue weighted by Crippen LogP contribution is -2.44. The van der Waals surface area contributed by atoms with Crippen molar-refractivity contribution in [2.75, 3.05) is 18.5 Å². The first-order chi connectivity index (χ1) is 8.13. The number of nitrogen functional groups attached to an aromatic ring is 1. The van der Waals surface area contributed by atoms with Crippen LogP contribution in [-0.2, 0) is 9.84 Å².